The monoisotopic (exact) mass is 328 g/mol. The zero-order valence-electron chi connectivity index (χ0n) is 16.4. The normalized spacial score (nSPS) is 11.1. The number of rotatable bonds is 15. The van der Waals surface area contributed by atoms with Crippen molar-refractivity contribution in [2.45, 2.75) is 97.3 Å². The van der Waals surface area contributed by atoms with Gasteiger partial charge in [0, 0.05) is 0 Å². The van der Waals surface area contributed by atoms with Gasteiger partial charge in [0.2, 0.25) is 0 Å². The molecule has 1 aromatic rings. The molecule has 0 atom stereocenters. The lowest BCUT2D eigenvalue weighted by Crippen LogP contribution is -2.02. The molecule has 24 heavy (non-hydrogen) atoms. The summed E-state index contributed by atoms with van der Waals surface area (Å²) in [4.78, 5) is 0. The molecule has 0 unspecified atom stereocenters. The van der Waals surface area contributed by atoms with Gasteiger partial charge in [0.25, 0.3) is 0 Å². The van der Waals surface area contributed by atoms with Gasteiger partial charge in [0.15, 0.2) is 0 Å². The lowest BCUT2D eigenvalue weighted by Gasteiger charge is -2.17. The first-order valence-electron chi connectivity index (χ1n) is 10.5. The molecule has 0 N–H and O–H groups in total. The summed E-state index contributed by atoms with van der Waals surface area (Å²) in [5.74, 6) is 0.947. The highest BCUT2D eigenvalue weighted by atomic mass is 14.1. The molecule has 0 aliphatic heterocycles. The predicted octanol–water partition coefficient (Wildman–Crippen LogP) is 8.43. The summed E-state index contributed by atoms with van der Waals surface area (Å²) < 4.78 is 0. The van der Waals surface area contributed by atoms with Gasteiger partial charge in [-0.2, -0.15) is 0 Å². The molecule has 136 valence electrons. The van der Waals surface area contributed by atoms with E-state index in [1.807, 2.05) is 0 Å². The minimum Gasteiger partial charge on any atom is -0.0952 e. The maximum absolute atomic E-state index is 4.29. The molecule has 1 rings (SSSR count). The van der Waals surface area contributed by atoms with Crippen molar-refractivity contribution >= 4 is 5.57 Å². The second-order valence-corrected chi connectivity index (χ2v) is 7.43. The number of allylic oxidation sites excluding steroid dienone is 1. The van der Waals surface area contributed by atoms with Crippen molar-refractivity contribution in [3.05, 3.63) is 42.5 Å². The first kappa shape index (κ1) is 21.0. The van der Waals surface area contributed by atoms with E-state index in [9.17, 15) is 0 Å². The van der Waals surface area contributed by atoms with Gasteiger partial charge in [-0.25, -0.2) is 0 Å². The second kappa shape index (κ2) is 14.3. The summed E-state index contributed by atoms with van der Waals surface area (Å²) in [5.41, 5.74) is 2.63. The van der Waals surface area contributed by atoms with Crippen molar-refractivity contribution in [2.24, 2.45) is 5.92 Å². The third kappa shape index (κ3) is 9.96. The van der Waals surface area contributed by atoms with Crippen molar-refractivity contribution in [2.75, 3.05) is 0 Å². The molecule has 0 radical (unpaired) electrons. The molecule has 0 saturated heterocycles. The van der Waals surface area contributed by atoms with Gasteiger partial charge in [-0.15, -0.1) is 0 Å². The van der Waals surface area contributed by atoms with Crippen molar-refractivity contribution in [3.63, 3.8) is 0 Å². The molecule has 0 aliphatic carbocycles. The first-order valence-corrected chi connectivity index (χ1v) is 10.5. The number of benzene rings is 1. The Morgan fingerprint density at radius 2 is 1.29 bits per heavy atom. The van der Waals surface area contributed by atoms with Crippen LogP contribution in [0.5, 0.6) is 0 Å². The Morgan fingerprint density at radius 3 is 1.83 bits per heavy atom. The van der Waals surface area contributed by atoms with E-state index in [2.05, 4.69) is 50.8 Å². The Morgan fingerprint density at radius 1 is 0.750 bits per heavy atom. The van der Waals surface area contributed by atoms with Gasteiger partial charge in [0.05, 0.1) is 0 Å². The Kier molecular flexibility index (Phi) is 12.5. The standard InChI is InChI=1S/C24H40/c1-4-6-8-11-17-23(18-12-9-7-5-2)19-15-16-22(3)24-20-13-10-14-21-24/h10,13-14,20-21,23H,3-9,11-12,15-19H2,1-2H3. The van der Waals surface area contributed by atoms with Crippen molar-refractivity contribution in [3.8, 4) is 0 Å². The first-order chi connectivity index (χ1) is 11.8. The average molecular weight is 329 g/mol. The van der Waals surface area contributed by atoms with Crippen LogP contribution in [-0.2, 0) is 0 Å². The topological polar surface area (TPSA) is 0 Å². The van der Waals surface area contributed by atoms with E-state index in [0.29, 0.717) is 0 Å². The molecule has 0 aliphatic rings. The molecule has 0 fully saturated rings. The van der Waals surface area contributed by atoms with Gasteiger partial charge in [-0.3, -0.25) is 0 Å². The molecular weight excluding hydrogens is 288 g/mol. The van der Waals surface area contributed by atoms with E-state index in [-0.39, 0.29) is 0 Å². The number of hydrogen-bond donors (Lipinski definition) is 0. The highest BCUT2D eigenvalue weighted by Crippen LogP contribution is 2.26. The van der Waals surface area contributed by atoms with Gasteiger partial charge < -0.3 is 0 Å². The smallest absolute Gasteiger partial charge is 0.0230 e. The molecule has 0 heterocycles. The van der Waals surface area contributed by atoms with Crippen LogP contribution in [0, 0.1) is 5.92 Å². The molecule has 0 bridgehead atoms. The second-order valence-electron chi connectivity index (χ2n) is 7.43. The number of unbranched alkanes of at least 4 members (excludes halogenated alkanes) is 6. The van der Waals surface area contributed by atoms with Gasteiger partial charge in [-0.1, -0.05) is 121 Å². The van der Waals surface area contributed by atoms with Crippen LogP contribution in [0.4, 0.5) is 0 Å². The van der Waals surface area contributed by atoms with Crippen LogP contribution in [0.2, 0.25) is 0 Å². The fourth-order valence-corrected chi connectivity index (χ4v) is 3.57. The van der Waals surface area contributed by atoms with Crippen LogP contribution in [-0.4, -0.2) is 0 Å². The van der Waals surface area contributed by atoms with Crippen LogP contribution >= 0.6 is 0 Å². The molecule has 0 amide bonds. The quantitative estimate of drug-likeness (QED) is 0.283. The average Bonchev–Trinajstić information content (AvgIpc) is 2.62. The summed E-state index contributed by atoms with van der Waals surface area (Å²) in [7, 11) is 0. The molecule has 0 heteroatoms. The Balaban J connectivity index is 2.29. The zero-order valence-corrected chi connectivity index (χ0v) is 16.4. The van der Waals surface area contributed by atoms with Crippen molar-refractivity contribution < 1.29 is 0 Å². The van der Waals surface area contributed by atoms with Gasteiger partial charge in [0.1, 0.15) is 0 Å². The lowest BCUT2D eigenvalue weighted by molar-refractivity contribution is 0.376. The Labute approximate surface area is 151 Å². The van der Waals surface area contributed by atoms with E-state index >= 15 is 0 Å². The minimum absolute atomic E-state index is 0.947. The molecule has 0 nitrogen and oxygen atoms in total. The molecule has 0 saturated carbocycles. The van der Waals surface area contributed by atoms with Crippen LogP contribution < -0.4 is 0 Å². The fourth-order valence-electron chi connectivity index (χ4n) is 3.57. The molecule has 0 spiro atoms. The van der Waals surface area contributed by atoms with Crippen LogP contribution in [0.1, 0.15) is 103 Å². The van der Waals surface area contributed by atoms with E-state index in [4.69, 9.17) is 0 Å². The third-order valence-corrected chi connectivity index (χ3v) is 5.20. The van der Waals surface area contributed by atoms with E-state index in [1.165, 1.54) is 88.2 Å². The fraction of sp³-hybridized carbons (Fsp3) is 0.667. The van der Waals surface area contributed by atoms with Gasteiger partial charge in [-0.05, 0) is 29.9 Å². The predicted molar refractivity (Wildman–Crippen MR) is 110 cm³/mol. The summed E-state index contributed by atoms with van der Waals surface area (Å²) >= 11 is 0. The molecular formula is C24H40. The Bertz CT molecular complexity index is 391. The highest BCUT2D eigenvalue weighted by Gasteiger charge is 2.09. The maximum atomic E-state index is 4.29. The lowest BCUT2D eigenvalue weighted by atomic mass is 9.89. The SMILES string of the molecule is C=C(CCCC(CCCCCC)CCCCCC)c1ccccc1. The van der Waals surface area contributed by atoms with Gasteiger partial charge >= 0.3 is 0 Å². The molecule has 1 aromatic carbocycles. The third-order valence-electron chi connectivity index (χ3n) is 5.20. The largest absolute Gasteiger partial charge is 0.0952 e. The summed E-state index contributed by atoms with van der Waals surface area (Å²) in [6.45, 7) is 8.90. The van der Waals surface area contributed by atoms with E-state index in [1.54, 1.807) is 0 Å². The maximum Gasteiger partial charge on any atom is -0.0230 e. The summed E-state index contributed by atoms with van der Waals surface area (Å²) in [6, 6.07) is 10.7. The van der Waals surface area contributed by atoms with Crippen molar-refractivity contribution in [1.82, 2.24) is 0 Å². The Hall–Kier alpha value is -1.04. The van der Waals surface area contributed by atoms with E-state index in [0.717, 1.165) is 12.3 Å². The van der Waals surface area contributed by atoms with Crippen LogP contribution in [0.15, 0.2) is 36.9 Å². The van der Waals surface area contributed by atoms with Crippen LogP contribution in [0.3, 0.4) is 0 Å². The number of hydrogen-bond acceptors (Lipinski definition) is 0. The van der Waals surface area contributed by atoms with E-state index < -0.39 is 0 Å². The van der Waals surface area contributed by atoms with Crippen LogP contribution in [0.25, 0.3) is 5.57 Å². The van der Waals surface area contributed by atoms with Crippen molar-refractivity contribution in [1.29, 1.82) is 0 Å². The highest BCUT2D eigenvalue weighted by molar-refractivity contribution is 5.62. The summed E-state index contributed by atoms with van der Waals surface area (Å²) in [6.07, 6.45) is 18.0. The summed E-state index contributed by atoms with van der Waals surface area (Å²) in [5, 5.41) is 0. The minimum atomic E-state index is 0.947. The zero-order chi connectivity index (χ0) is 17.5. The molecule has 0 aromatic heterocycles.